The Hall–Kier alpha value is -3.21. The molecule has 4 rings (SSSR count). The summed E-state index contributed by atoms with van der Waals surface area (Å²) in [6, 6.07) is 14.2. The molecule has 2 atom stereocenters. The second-order valence-corrected chi connectivity index (χ2v) is 7.97. The molecule has 154 valence electrons. The Morgan fingerprint density at radius 2 is 1.80 bits per heavy atom. The summed E-state index contributed by atoms with van der Waals surface area (Å²) in [6.45, 7) is 3.83. The van der Waals surface area contributed by atoms with Crippen molar-refractivity contribution in [1.82, 2.24) is 5.32 Å². The summed E-state index contributed by atoms with van der Waals surface area (Å²) in [4.78, 5) is 26.0. The van der Waals surface area contributed by atoms with Gasteiger partial charge < -0.3 is 10.1 Å². The van der Waals surface area contributed by atoms with E-state index in [1.54, 1.807) is 12.1 Å². The van der Waals surface area contributed by atoms with Crippen LogP contribution in [0.2, 0.25) is 0 Å². The predicted molar refractivity (Wildman–Crippen MR) is 112 cm³/mol. The minimum Gasteiger partial charge on any atom is -0.466 e. The van der Waals surface area contributed by atoms with E-state index in [0.717, 1.165) is 22.4 Å². The van der Waals surface area contributed by atoms with Gasteiger partial charge in [-0.2, -0.15) is 0 Å². The van der Waals surface area contributed by atoms with Gasteiger partial charge in [-0.15, -0.1) is 0 Å². The van der Waals surface area contributed by atoms with Gasteiger partial charge in [0.2, 0.25) is 0 Å². The van der Waals surface area contributed by atoms with Crippen LogP contribution in [0, 0.1) is 12.7 Å². The van der Waals surface area contributed by atoms with Crippen molar-refractivity contribution in [2.45, 2.75) is 38.5 Å². The molecule has 2 aromatic carbocycles. The van der Waals surface area contributed by atoms with Gasteiger partial charge in [-0.25, -0.2) is 9.18 Å². The fourth-order valence-electron chi connectivity index (χ4n) is 4.57. The van der Waals surface area contributed by atoms with Crippen LogP contribution >= 0.6 is 0 Å². The largest absolute Gasteiger partial charge is 0.466 e. The molecule has 1 N–H and O–H groups in total. The Bertz CT molecular complexity index is 1080. The van der Waals surface area contributed by atoms with Gasteiger partial charge in [-0.05, 0) is 49.4 Å². The first-order valence-corrected chi connectivity index (χ1v) is 10.0. The second-order valence-electron chi connectivity index (χ2n) is 7.97. The lowest BCUT2D eigenvalue weighted by Gasteiger charge is -2.36. The van der Waals surface area contributed by atoms with Crippen molar-refractivity contribution in [3.05, 3.63) is 93.6 Å². The minimum atomic E-state index is -0.463. The number of halogens is 1. The zero-order valence-corrected chi connectivity index (χ0v) is 17.3. The van der Waals surface area contributed by atoms with Crippen molar-refractivity contribution in [2.24, 2.45) is 0 Å². The average molecular weight is 405 g/mol. The van der Waals surface area contributed by atoms with Crippen molar-refractivity contribution in [1.29, 1.82) is 0 Å². The van der Waals surface area contributed by atoms with E-state index in [0.29, 0.717) is 29.7 Å². The number of carbonyl (C=O) groups excluding carboxylic acids is 2. The number of hydrogen-bond donors (Lipinski definition) is 1. The van der Waals surface area contributed by atoms with Gasteiger partial charge in [0, 0.05) is 29.3 Å². The molecule has 2 aliphatic rings. The summed E-state index contributed by atoms with van der Waals surface area (Å²) in [7, 11) is 1.35. The minimum absolute atomic E-state index is 0.00140. The maximum Gasteiger partial charge on any atom is 0.336 e. The van der Waals surface area contributed by atoms with Crippen molar-refractivity contribution in [3.8, 4) is 0 Å². The van der Waals surface area contributed by atoms with Crippen molar-refractivity contribution >= 4 is 11.8 Å². The lowest BCUT2D eigenvalue weighted by molar-refractivity contribution is -0.136. The molecule has 0 saturated heterocycles. The SMILES string of the molecule is COC(=O)C1=C(C)NC2=C(C(=O)C[C@@H](c3ccc(F)cc3)C2)[C@H]1c1cccc(C)c1. The zero-order chi connectivity index (χ0) is 21.4. The smallest absolute Gasteiger partial charge is 0.336 e. The van der Waals surface area contributed by atoms with Crippen molar-refractivity contribution < 1.29 is 18.7 Å². The number of methoxy groups -OCH3 is 1. The van der Waals surface area contributed by atoms with Crippen LogP contribution in [0.1, 0.15) is 48.3 Å². The molecular formula is C25H24FNO3. The maximum absolute atomic E-state index is 13.4. The van der Waals surface area contributed by atoms with Gasteiger partial charge in [0.25, 0.3) is 0 Å². The van der Waals surface area contributed by atoms with Gasteiger partial charge >= 0.3 is 5.97 Å². The molecule has 0 aromatic heterocycles. The van der Waals surface area contributed by atoms with Gasteiger partial charge in [-0.3, -0.25) is 4.79 Å². The Labute approximate surface area is 175 Å². The lowest BCUT2D eigenvalue weighted by Crippen LogP contribution is -2.36. The fraction of sp³-hybridized carbons (Fsp3) is 0.280. The van der Waals surface area contributed by atoms with Crippen molar-refractivity contribution in [2.75, 3.05) is 7.11 Å². The molecular weight excluding hydrogens is 381 g/mol. The highest BCUT2D eigenvalue weighted by Crippen LogP contribution is 2.45. The summed E-state index contributed by atoms with van der Waals surface area (Å²) in [6.07, 6.45) is 0.947. The predicted octanol–water partition coefficient (Wildman–Crippen LogP) is 4.67. The molecule has 4 nitrogen and oxygen atoms in total. The molecule has 0 fully saturated rings. The number of carbonyl (C=O) groups is 2. The zero-order valence-electron chi connectivity index (χ0n) is 17.3. The Balaban J connectivity index is 1.80. The summed E-state index contributed by atoms with van der Waals surface area (Å²) < 4.78 is 18.4. The van der Waals surface area contributed by atoms with E-state index in [2.05, 4.69) is 5.32 Å². The van der Waals surface area contributed by atoms with E-state index < -0.39 is 11.9 Å². The van der Waals surface area contributed by atoms with Crippen LogP contribution in [0.15, 0.2) is 71.1 Å². The fourth-order valence-corrected chi connectivity index (χ4v) is 4.57. The second kappa shape index (κ2) is 7.90. The van der Waals surface area contributed by atoms with E-state index >= 15 is 0 Å². The van der Waals surface area contributed by atoms with Gasteiger partial charge in [0.15, 0.2) is 5.78 Å². The molecule has 0 saturated carbocycles. The highest BCUT2D eigenvalue weighted by molar-refractivity contribution is 6.04. The summed E-state index contributed by atoms with van der Waals surface area (Å²) in [5.41, 5.74) is 5.52. The van der Waals surface area contributed by atoms with E-state index in [9.17, 15) is 14.0 Å². The number of Topliss-reactive ketones (excluding diaryl/α,β-unsaturated/α-hetero) is 1. The van der Waals surface area contributed by atoms with E-state index in [4.69, 9.17) is 4.74 Å². The Morgan fingerprint density at radius 1 is 1.07 bits per heavy atom. The summed E-state index contributed by atoms with van der Waals surface area (Å²) in [5.74, 6) is -1.23. The molecule has 0 spiro atoms. The molecule has 1 heterocycles. The summed E-state index contributed by atoms with van der Waals surface area (Å²) >= 11 is 0. The van der Waals surface area contributed by atoms with Crippen molar-refractivity contribution in [3.63, 3.8) is 0 Å². The highest BCUT2D eigenvalue weighted by atomic mass is 19.1. The topological polar surface area (TPSA) is 55.4 Å². The Morgan fingerprint density at radius 3 is 2.47 bits per heavy atom. The van der Waals surface area contributed by atoms with Crippen LogP contribution in [0.4, 0.5) is 4.39 Å². The molecule has 5 heteroatoms. The molecule has 0 amide bonds. The molecule has 1 aliphatic carbocycles. The number of benzene rings is 2. The molecule has 0 bridgehead atoms. The van der Waals surface area contributed by atoms with Crippen LogP contribution in [-0.4, -0.2) is 18.9 Å². The number of ketones is 1. The van der Waals surface area contributed by atoms with Gasteiger partial charge in [-0.1, -0.05) is 42.0 Å². The third-order valence-corrected chi connectivity index (χ3v) is 5.95. The molecule has 30 heavy (non-hydrogen) atoms. The van der Waals surface area contributed by atoms with E-state index in [1.165, 1.54) is 19.2 Å². The quantitative estimate of drug-likeness (QED) is 0.754. The number of hydrogen-bond acceptors (Lipinski definition) is 4. The number of aryl methyl sites for hydroxylation is 1. The van der Waals surface area contributed by atoms with Crippen LogP contribution < -0.4 is 5.32 Å². The van der Waals surface area contributed by atoms with Gasteiger partial charge in [0.1, 0.15) is 5.82 Å². The van der Waals surface area contributed by atoms with Crippen LogP contribution in [0.5, 0.6) is 0 Å². The van der Waals surface area contributed by atoms with Crippen LogP contribution in [0.3, 0.4) is 0 Å². The molecule has 2 aromatic rings. The number of ether oxygens (including phenoxy) is 1. The number of rotatable bonds is 3. The Kier molecular flexibility index (Phi) is 5.29. The molecule has 1 aliphatic heterocycles. The average Bonchev–Trinajstić information content (AvgIpc) is 2.72. The van der Waals surface area contributed by atoms with Gasteiger partial charge in [0.05, 0.1) is 12.7 Å². The number of esters is 1. The number of dihydropyridines is 1. The van der Waals surface area contributed by atoms with Crippen LogP contribution in [0.25, 0.3) is 0 Å². The van der Waals surface area contributed by atoms with E-state index in [1.807, 2.05) is 38.1 Å². The monoisotopic (exact) mass is 405 g/mol. The molecule has 0 radical (unpaired) electrons. The third kappa shape index (κ3) is 3.56. The third-order valence-electron chi connectivity index (χ3n) is 5.95. The van der Waals surface area contributed by atoms with E-state index in [-0.39, 0.29) is 17.5 Å². The standard InChI is InChI=1S/C25H24FNO3/c1-14-5-4-6-17(11-14)23-22(25(29)30-3)15(2)27-20-12-18(13-21(28)24(20)23)16-7-9-19(26)10-8-16/h4-11,18,23,27H,12-13H2,1-3H3/t18-,23-/m0/s1. The summed E-state index contributed by atoms with van der Waals surface area (Å²) in [5, 5.41) is 3.30. The maximum atomic E-state index is 13.4. The number of nitrogens with one attached hydrogen (secondary N) is 1. The first-order valence-electron chi connectivity index (χ1n) is 10.0. The molecule has 0 unspecified atom stereocenters. The highest BCUT2D eigenvalue weighted by Gasteiger charge is 2.41. The first-order chi connectivity index (χ1) is 14.4. The van der Waals surface area contributed by atoms with Crippen LogP contribution in [-0.2, 0) is 14.3 Å². The lowest BCUT2D eigenvalue weighted by atomic mass is 9.71. The first kappa shape index (κ1) is 20.1. The normalized spacial score (nSPS) is 21.3. The number of allylic oxidation sites excluding steroid dienone is 3.